The van der Waals surface area contributed by atoms with E-state index in [1.54, 1.807) is 16.9 Å². The first kappa shape index (κ1) is 27.5. The summed E-state index contributed by atoms with van der Waals surface area (Å²) >= 11 is 6.26. The molecule has 3 aromatic rings. The number of carbonyl (C=O) groups is 2. The number of carbonyl (C=O) groups excluding carboxylic acids is 2. The summed E-state index contributed by atoms with van der Waals surface area (Å²) in [6, 6.07) is 20.0. The fourth-order valence-corrected chi connectivity index (χ4v) is 5.29. The predicted octanol–water partition coefficient (Wildman–Crippen LogP) is 5.54. The number of hydrogen-bond donors (Lipinski definition) is 1. The lowest BCUT2D eigenvalue weighted by Gasteiger charge is -2.36. The highest BCUT2D eigenvalue weighted by molar-refractivity contribution is 6.30. The van der Waals surface area contributed by atoms with Gasteiger partial charge in [-0.2, -0.15) is 0 Å². The fraction of sp³-hybridized carbons (Fsp3) is 0.323. The summed E-state index contributed by atoms with van der Waals surface area (Å²) in [6.45, 7) is 6.69. The number of amides is 3. The molecule has 1 fully saturated rings. The van der Waals surface area contributed by atoms with Gasteiger partial charge in [0.1, 0.15) is 29.9 Å². The summed E-state index contributed by atoms with van der Waals surface area (Å²) in [5, 5.41) is 3.40. The second-order valence-corrected chi connectivity index (χ2v) is 10.7. The summed E-state index contributed by atoms with van der Waals surface area (Å²) in [6.07, 6.45) is -0.123. The lowest BCUT2D eigenvalue weighted by Crippen LogP contribution is -2.55. The Morgan fingerprint density at radius 2 is 1.85 bits per heavy atom. The number of nitrogens with zero attached hydrogens (tertiary/aromatic N) is 3. The van der Waals surface area contributed by atoms with E-state index in [1.165, 1.54) is 0 Å². The van der Waals surface area contributed by atoms with Gasteiger partial charge in [0.25, 0.3) is 0 Å². The number of halogens is 1. The van der Waals surface area contributed by atoms with Crippen molar-refractivity contribution in [2.45, 2.75) is 39.0 Å². The summed E-state index contributed by atoms with van der Waals surface area (Å²) in [7, 11) is 1.60. The Morgan fingerprint density at radius 3 is 2.52 bits per heavy atom. The summed E-state index contributed by atoms with van der Waals surface area (Å²) in [5.74, 6) is 1.47. The van der Waals surface area contributed by atoms with Crippen LogP contribution in [0.1, 0.15) is 48.2 Å². The number of methoxy groups -OCH3 is 1. The standard InChI is InChI=1S/C31H33ClN4O4/c1-19(2)40-26-17-24(39-4)12-13-25(26)30-34-28(22-7-5-6-20(3)16-22)29(21-8-10-23(32)11-9-21)36(30)31(38)35-15-14-33-27(37)18-35/h5-13,16-17,19,28-29H,14-15,18H2,1-4H3,(H,33,37)/t28-,29+/m1/s1. The molecule has 0 unspecified atom stereocenters. The molecule has 0 bridgehead atoms. The molecule has 1 N–H and O–H groups in total. The highest BCUT2D eigenvalue weighted by Gasteiger charge is 2.45. The van der Waals surface area contributed by atoms with E-state index in [4.69, 9.17) is 26.1 Å². The van der Waals surface area contributed by atoms with E-state index in [9.17, 15) is 9.59 Å². The number of amidine groups is 1. The number of piperazine rings is 1. The van der Waals surface area contributed by atoms with Crippen molar-refractivity contribution in [3.8, 4) is 11.5 Å². The van der Waals surface area contributed by atoms with Gasteiger partial charge >= 0.3 is 6.03 Å². The lowest BCUT2D eigenvalue weighted by molar-refractivity contribution is -0.123. The van der Waals surface area contributed by atoms with Gasteiger partial charge in [-0.3, -0.25) is 14.7 Å². The maximum atomic E-state index is 14.4. The van der Waals surface area contributed by atoms with E-state index in [2.05, 4.69) is 11.4 Å². The molecule has 0 aromatic heterocycles. The Morgan fingerprint density at radius 1 is 1.07 bits per heavy atom. The van der Waals surface area contributed by atoms with Gasteiger partial charge in [0, 0.05) is 24.2 Å². The SMILES string of the molecule is COc1ccc(C2=N[C@H](c3cccc(C)c3)[C@H](c3ccc(Cl)cc3)N2C(=O)N2CCNC(=O)C2)c(OC(C)C)c1. The number of hydrogen-bond acceptors (Lipinski definition) is 5. The third-order valence-electron chi connectivity index (χ3n) is 6.97. The molecular weight excluding hydrogens is 528 g/mol. The van der Waals surface area contributed by atoms with E-state index >= 15 is 0 Å². The Hall–Kier alpha value is -4.04. The molecule has 8 nitrogen and oxygen atoms in total. The molecule has 0 aliphatic carbocycles. The first-order chi connectivity index (χ1) is 19.2. The summed E-state index contributed by atoms with van der Waals surface area (Å²) in [4.78, 5) is 35.2. The van der Waals surface area contributed by atoms with Crippen molar-refractivity contribution in [1.29, 1.82) is 0 Å². The second-order valence-electron chi connectivity index (χ2n) is 10.3. The van der Waals surface area contributed by atoms with E-state index in [-0.39, 0.29) is 24.6 Å². The number of aliphatic imine (C=N–C) groups is 1. The van der Waals surface area contributed by atoms with E-state index in [0.717, 1.165) is 16.7 Å². The average Bonchev–Trinajstić information content (AvgIpc) is 3.33. The predicted molar refractivity (Wildman–Crippen MR) is 155 cm³/mol. The first-order valence-electron chi connectivity index (χ1n) is 13.3. The van der Waals surface area contributed by atoms with Gasteiger partial charge in [-0.25, -0.2) is 4.79 Å². The maximum absolute atomic E-state index is 14.4. The zero-order valence-corrected chi connectivity index (χ0v) is 23.8. The molecule has 2 aliphatic heterocycles. The van der Waals surface area contributed by atoms with Crippen LogP contribution in [0.2, 0.25) is 5.02 Å². The molecule has 1 saturated heterocycles. The van der Waals surface area contributed by atoms with Crippen LogP contribution in [-0.2, 0) is 4.79 Å². The van der Waals surface area contributed by atoms with Crippen molar-refractivity contribution in [3.05, 3.63) is 94.0 Å². The van der Waals surface area contributed by atoms with Crippen LogP contribution in [0.4, 0.5) is 4.79 Å². The van der Waals surface area contributed by atoms with Crippen molar-refractivity contribution in [3.63, 3.8) is 0 Å². The van der Waals surface area contributed by atoms with Crippen LogP contribution >= 0.6 is 11.6 Å². The Bertz CT molecular complexity index is 1440. The molecule has 0 radical (unpaired) electrons. The Kier molecular flexibility index (Phi) is 7.98. The molecule has 208 valence electrons. The molecular formula is C31H33ClN4O4. The molecule has 5 rings (SSSR count). The van der Waals surface area contributed by atoms with Gasteiger partial charge in [-0.05, 0) is 56.2 Å². The van der Waals surface area contributed by atoms with Crippen LogP contribution in [0.5, 0.6) is 11.5 Å². The molecule has 3 amide bonds. The minimum Gasteiger partial charge on any atom is -0.497 e. The maximum Gasteiger partial charge on any atom is 0.326 e. The molecule has 2 heterocycles. The largest absolute Gasteiger partial charge is 0.497 e. The van der Waals surface area contributed by atoms with Crippen LogP contribution in [0.15, 0.2) is 71.7 Å². The highest BCUT2D eigenvalue weighted by Crippen LogP contribution is 2.45. The fourth-order valence-electron chi connectivity index (χ4n) is 5.17. The highest BCUT2D eigenvalue weighted by atomic mass is 35.5. The zero-order chi connectivity index (χ0) is 28.4. The quantitative estimate of drug-likeness (QED) is 0.429. The monoisotopic (exact) mass is 560 g/mol. The third kappa shape index (κ3) is 5.63. The summed E-state index contributed by atoms with van der Waals surface area (Å²) in [5.41, 5.74) is 3.61. The lowest BCUT2D eigenvalue weighted by atomic mass is 9.93. The van der Waals surface area contributed by atoms with Crippen LogP contribution in [-0.4, -0.2) is 60.4 Å². The third-order valence-corrected chi connectivity index (χ3v) is 7.22. The average molecular weight is 561 g/mol. The van der Waals surface area contributed by atoms with E-state index in [1.807, 2.05) is 81.4 Å². The van der Waals surface area contributed by atoms with Gasteiger partial charge < -0.3 is 19.7 Å². The van der Waals surface area contributed by atoms with Crippen LogP contribution in [0.3, 0.4) is 0 Å². The Balaban J connectivity index is 1.72. The normalized spacial score (nSPS) is 18.9. The number of rotatable bonds is 6. The van der Waals surface area contributed by atoms with Crippen molar-refractivity contribution >= 4 is 29.4 Å². The molecule has 2 atom stereocenters. The second kappa shape index (κ2) is 11.6. The number of aryl methyl sites for hydroxylation is 1. The minimum atomic E-state index is -0.486. The molecule has 2 aliphatic rings. The van der Waals surface area contributed by atoms with Crippen molar-refractivity contribution in [2.75, 3.05) is 26.7 Å². The topological polar surface area (TPSA) is 83.5 Å². The van der Waals surface area contributed by atoms with Gasteiger partial charge in [0.2, 0.25) is 5.91 Å². The van der Waals surface area contributed by atoms with Crippen LogP contribution in [0, 0.1) is 6.92 Å². The molecule has 0 spiro atoms. The number of ether oxygens (including phenoxy) is 2. The number of urea groups is 1. The Labute approximate surface area is 239 Å². The molecule has 40 heavy (non-hydrogen) atoms. The van der Waals surface area contributed by atoms with Gasteiger partial charge in [-0.15, -0.1) is 0 Å². The van der Waals surface area contributed by atoms with Crippen LogP contribution in [0.25, 0.3) is 0 Å². The van der Waals surface area contributed by atoms with Gasteiger partial charge in [-0.1, -0.05) is 53.6 Å². The first-order valence-corrected chi connectivity index (χ1v) is 13.7. The molecule has 9 heteroatoms. The summed E-state index contributed by atoms with van der Waals surface area (Å²) < 4.78 is 11.7. The minimum absolute atomic E-state index is 0.0248. The zero-order valence-electron chi connectivity index (χ0n) is 23.1. The van der Waals surface area contributed by atoms with Gasteiger partial charge in [0.15, 0.2) is 0 Å². The molecule has 0 saturated carbocycles. The van der Waals surface area contributed by atoms with Crippen molar-refractivity contribution in [2.24, 2.45) is 4.99 Å². The van der Waals surface area contributed by atoms with Crippen molar-refractivity contribution < 1.29 is 19.1 Å². The van der Waals surface area contributed by atoms with Gasteiger partial charge in [0.05, 0.1) is 24.8 Å². The number of benzene rings is 3. The van der Waals surface area contributed by atoms with E-state index in [0.29, 0.717) is 41.0 Å². The number of nitrogens with one attached hydrogen (secondary N) is 1. The van der Waals surface area contributed by atoms with Crippen LogP contribution < -0.4 is 14.8 Å². The van der Waals surface area contributed by atoms with E-state index < -0.39 is 12.1 Å². The van der Waals surface area contributed by atoms with Crippen molar-refractivity contribution in [1.82, 2.24) is 15.1 Å². The smallest absolute Gasteiger partial charge is 0.326 e. The molecule has 3 aromatic carbocycles.